The van der Waals surface area contributed by atoms with Crippen LogP contribution in [-0.2, 0) is 7.05 Å². The van der Waals surface area contributed by atoms with Crippen molar-refractivity contribution in [2.24, 2.45) is 7.05 Å². The Kier molecular flexibility index (Phi) is 5.59. The molecule has 0 radical (unpaired) electrons. The van der Waals surface area contributed by atoms with Crippen molar-refractivity contribution < 1.29 is 14.3 Å². The van der Waals surface area contributed by atoms with Crippen LogP contribution in [-0.4, -0.2) is 42.0 Å². The van der Waals surface area contributed by atoms with Crippen LogP contribution in [0.25, 0.3) is 0 Å². The topological polar surface area (TPSA) is 80.6 Å². The lowest BCUT2D eigenvalue weighted by atomic mass is 10.2. The second-order valence-electron chi connectivity index (χ2n) is 5.67. The van der Waals surface area contributed by atoms with E-state index in [1.807, 2.05) is 6.92 Å². The summed E-state index contributed by atoms with van der Waals surface area (Å²) >= 11 is 0. The van der Waals surface area contributed by atoms with Crippen molar-refractivity contribution in [1.82, 2.24) is 9.47 Å². The fourth-order valence-corrected chi connectivity index (χ4v) is 2.24. The van der Waals surface area contributed by atoms with Gasteiger partial charge >= 0.3 is 0 Å². The Labute approximate surface area is 145 Å². The van der Waals surface area contributed by atoms with E-state index in [1.165, 1.54) is 28.8 Å². The number of hydrogen-bond acceptors (Lipinski definition) is 4. The molecule has 0 saturated carbocycles. The highest BCUT2D eigenvalue weighted by Gasteiger charge is 2.15. The number of ether oxygens (including phenoxy) is 1. The van der Waals surface area contributed by atoms with Crippen LogP contribution in [0.2, 0.25) is 0 Å². The summed E-state index contributed by atoms with van der Waals surface area (Å²) in [6, 6.07) is 7.97. The molecule has 0 unspecified atom stereocenters. The van der Waals surface area contributed by atoms with Gasteiger partial charge in [0, 0.05) is 32.9 Å². The number of aromatic nitrogens is 1. The third-order valence-electron chi connectivity index (χ3n) is 3.51. The van der Waals surface area contributed by atoms with Crippen molar-refractivity contribution >= 4 is 17.5 Å². The summed E-state index contributed by atoms with van der Waals surface area (Å²) in [4.78, 5) is 38.1. The van der Waals surface area contributed by atoms with Crippen molar-refractivity contribution in [1.29, 1.82) is 0 Å². The molecule has 0 bridgehead atoms. The first-order valence-corrected chi connectivity index (χ1v) is 7.80. The van der Waals surface area contributed by atoms with Gasteiger partial charge in [0.15, 0.2) is 0 Å². The van der Waals surface area contributed by atoms with Crippen LogP contribution in [0.3, 0.4) is 0 Å². The van der Waals surface area contributed by atoms with Crippen molar-refractivity contribution in [3.05, 3.63) is 58.0 Å². The van der Waals surface area contributed by atoms with E-state index >= 15 is 0 Å². The predicted molar refractivity (Wildman–Crippen MR) is 95.3 cm³/mol. The predicted octanol–water partition coefficient (Wildman–Crippen LogP) is 1.74. The molecule has 0 aliphatic rings. The molecule has 7 heteroatoms. The van der Waals surface area contributed by atoms with E-state index in [0.717, 1.165) is 0 Å². The molecule has 0 atom stereocenters. The summed E-state index contributed by atoms with van der Waals surface area (Å²) in [5, 5.41) is 2.57. The van der Waals surface area contributed by atoms with Gasteiger partial charge < -0.3 is 19.5 Å². The normalized spacial score (nSPS) is 10.2. The Bertz CT molecular complexity index is 838. The molecule has 2 aromatic rings. The van der Waals surface area contributed by atoms with Crippen LogP contribution in [0, 0.1) is 0 Å². The summed E-state index contributed by atoms with van der Waals surface area (Å²) in [7, 11) is 4.76. The molecule has 1 aromatic heterocycles. The standard InChI is InChI=1S/C18H21N3O4/c1-5-25-14-8-6-12(7-9-14)16(22)19-15-10-13(17(23)20(2)3)11-21(4)18(15)24/h6-11H,5H2,1-4H3,(H,19,22). The summed E-state index contributed by atoms with van der Waals surface area (Å²) in [5.41, 5.74) is 0.354. The quantitative estimate of drug-likeness (QED) is 0.897. The maximum absolute atomic E-state index is 12.4. The average Bonchev–Trinajstić information content (AvgIpc) is 2.58. The molecule has 25 heavy (non-hydrogen) atoms. The van der Waals surface area contributed by atoms with Gasteiger partial charge in [0.2, 0.25) is 0 Å². The maximum Gasteiger partial charge on any atom is 0.274 e. The molecule has 1 N–H and O–H groups in total. The molecular formula is C18H21N3O4. The zero-order chi connectivity index (χ0) is 18.6. The van der Waals surface area contributed by atoms with Gasteiger partial charge in [-0.05, 0) is 37.3 Å². The van der Waals surface area contributed by atoms with E-state index in [4.69, 9.17) is 4.74 Å². The van der Waals surface area contributed by atoms with Crippen molar-refractivity contribution in [3.63, 3.8) is 0 Å². The number of rotatable bonds is 5. The number of carbonyl (C=O) groups is 2. The summed E-state index contributed by atoms with van der Waals surface area (Å²) in [6.45, 7) is 2.41. The van der Waals surface area contributed by atoms with E-state index in [-0.39, 0.29) is 11.6 Å². The molecule has 0 aliphatic heterocycles. The molecule has 0 spiro atoms. The van der Waals surface area contributed by atoms with Gasteiger partial charge in [-0.15, -0.1) is 0 Å². The number of anilines is 1. The molecule has 0 fully saturated rings. The number of pyridine rings is 1. The first-order chi connectivity index (χ1) is 11.8. The van der Waals surface area contributed by atoms with Crippen LogP contribution in [0.1, 0.15) is 27.6 Å². The Morgan fingerprint density at radius 2 is 1.80 bits per heavy atom. The molecule has 0 aliphatic carbocycles. The molecule has 1 heterocycles. The van der Waals surface area contributed by atoms with Gasteiger partial charge in [-0.25, -0.2) is 0 Å². The van der Waals surface area contributed by atoms with Gasteiger partial charge in [-0.3, -0.25) is 14.4 Å². The van der Waals surface area contributed by atoms with Crippen LogP contribution in [0.15, 0.2) is 41.3 Å². The van der Waals surface area contributed by atoms with Gasteiger partial charge in [0.25, 0.3) is 17.4 Å². The van der Waals surface area contributed by atoms with Crippen molar-refractivity contribution in [2.75, 3.05) is 26.0 Å². The Balaban J connectivity index is 2.28. The van der Waals surface area contributed by atoms with Crippen molar-refractivity contribution in [3.8, 4) is 5.75 Å². The molecular weight excluding hydrogens is 322 g/mol. The first kappa shape index (κ1) is 18.3. The number of benzene rings is 1. The third kappa shape index (κ3) is 4.26. The zero-order valence-corrected chi connectivity index (χ0v) is 14.7. The molecule has 2 rings (SSSR count). The Morgan fingerprint density at radius 3 is 2.36 bits per heavy atom. The van der Waals surface area contributed by atoms with Crippen molar-refractivity contribution in [2.45, 2.75) is 6.92 Å². The SMILES string of the molecule is CCOc1ccc(C(=O)Nc2cc(C(=O)N(C)C)cn(C)c2=O)cc1. The second kappa shape index (κ2) is 7.65. The van der Waals surface area contributed by atoms with E-state index in [1.54, 1.807) is 38.4 Å². The molecule has 7 nitrogen and oxygen atoms in total. The summed E-state index contributed by atoms with van der Waals surface area (Å²) < 4.78 is 6.60. The average molecular weight is 343 g/mol. The number of amides is 2. The monoisotopic (exact) mass is 343 g/mol. The molecule has 2 amide bonds. The summed E-state index contributed by atoms with van der Waals surface area (Å²) in [6.07, 6.45) is 1.44. The highest BCUT2D eigenvalue weighted by Crippen LogP contribution is 2.14. The lowest BCUT2D eigenvalue weighted by Gasteiger charge is -2.13. The lowest BCUT2D eigenvalue weighted by molar-refractivity contribution is 0.0826. The number of nitrogens with zero attached hydrogens (tertiary/aromatic N) is 2. The van der Waals surface area contributed by atoms with Gasteiger partial charge in [-0.2, -0.15) is 0 Å². The van der Waals surface area contributed by atoms with E-state index in [2.05, 4.69) is 5.32 Å². The number of aryl methyl sites for hydroxylation is 1. The minimum absolute atomic E-state index is 0.0501. The minimum atomic E-state index is -0.436. The zero-order valence-electron chi connectivity index (χ0n) is 14.7. The number of hydrogen-bond donors (Lipinski definition) is 1. The van der Waals surface area contributed by atoms with Gasteiger partial charge in [0.1, 0.15) is 11.4 Å². The largest absolute Gasteiger partial charge is 0.494 e. The first-order valence-electron chi connectivity index (χ1n) is 7.80. The fourth-order valence-electron chi connectivity index (χ4n) is 2.24. The number of carbonyl (C=O) groups excluding carboxylic acids is 2. The van der Waals surface area contributed by atoms with E-state index in [9.17, 15) is 14.4 Å². The van der Waals surface area contributed by atoms with Gasteiger partial charge in [-0.1, -0.05) is 0 Å². The highest BCUT2D eigenvalue weighted by atomic mass is 16.5. The van der Waals surface area contributed by atoms with Crippen LogP contribution >= 0.6 is 0 Å². The summed E-state index contributed by atoms with van der Waals surface area (Å²) in [5.74, 6) is -0.0321. The minimum Gasteiger partial charge on any atom is -0.494 e. The van der Waals surface area contributed by atoms with Gasteiger partial charge in [0.05, 0.1) is 12.2 Å². The lowest BCUT2D eigenvalue weighted by Crippen LogP contribution is -2.28. The van der Waals surface area contributed by atoms with Crippen LogP contribution < -0.4 is 15.6 Å². The molecule has 0 saturated heterocycles. The maximum atomic E-state index is 12.4. The second-order valence-corrected chi connectivity index (χ2v) is 5.67. The van der Waals surface area contributed by atoms with E-state index in [0.29, 0.717) is 23.5 Å². The van der Waals surface area contributed by atoms with E-state index < -0.39 is 11.5 Å². The van der Waals surface area contributed by atoms with Crippen LogP contribution in [0.4, 0.5) is 5.69 Å². The third-order valence-corrected chi connectivity index (χ3v) is 3.51. The molecule has 1 aromatic carbocycles. The Hall–Kier alpha value is -3.09. The molecule has 132 valence electrons. The highest BCUT2D eigenvalue weighted by molar-refractivity contribution is 6.05. The Morgan fingerprint density at radius 1 is 1.16 bits per heavy atom. The number of nitrogens with one attached hydrogen (secondary N) is 1. The fraction of sp³-hybridized carbons (Fsp3) is 0.278. The smallest absolute Gasteiger partial charge is 0.274 e. The van der Waals surface area contributed by atoms with Crippen LogP contribution in [0.5, 0.6) is 5.75 Å².